The Morgan fingerprint density at radius 2 is 1.44 bits per heavy atom. The molecule has 4 nitrogen and oxygen atoms in total. The number of anilines is 1. The third kappa shape index (κ3) is 2.48. The van der Waals surface area contributed by atoms with E-state index in [1.807, 2.05) is 72.8 Å². The summed E-state index contributed by atoms with van der Waals surface area (Å²) in [6.45, 7) is 0. The van der Waals surface area contributed by atoms with Gasteiger partial charge >= 0.3 is 0 Å². The third-order valence-electron chi connectivity index (χ3n) is 4.40. The molecule has 3 aromatic carbocycles. The van der Waals surface area contributed by atoms with E-state index in [0.29, 0.717) is 11.3 Å². The van der Waals surface area contributed by atoms with Gasteiger partial charge in [-0.2, -0.15) is 0 Å². The molecule has 122 valence electrons. The minimum Gasteiger partial charge on any atom is -0.350 e. The molecule has 0 fully saturated rings. The number of amides is 2. The van der Waals surface area contributed by atoms with Gasteiger partial charge in [-0.05, 0) is 17.0 Å². The summed E-state index contributed by atoms with van der Waals surface area (Å²) in [5.74, 6) is -0.615. The molecule has 0 aromatic heterocycles. The van der Waals surface area contributed by atoms with Crippen molar-refractivity contribution in [2.45, 2.75) is 0 Å². The Labute approximate surface area is 145 Å². The van der Waals surface area contributed by atoms with E-state index in [2.05, 4.69) is 5.32 Å². The molecule has 2 amide bonds. The van der Waals surface area contributed by atoms with Gasteiger partial charge in [0.25, 0.3) is 11.8 Å². The highest BCUT2D eigenvalue weighted by molar-refractivity contribution is 6.36. The van der Waals surface area contributed by atoms with Gasteiger partial charge in [0.2, 0.25) is 0 Å². The molecule has 0 spiro atoms. The fourth-order valence-electron chi connectivity index (χ4n) is 3.10. The molecule has 0 unspecified atom stereocenters. The van der Waals surface area contributed by atoms with Crippen molar-refractivity contribution in [3.05, 3.63) is 84.1 Å². The zero-order valence-corrected chi connectivity index (χ0v) is 13.7. The van der Waals surface area contributed by atoms with E-state index >= 15 is 0 Å². The lowest BCUT2D eigenvalue weighted by atomic mass is 10.0. The van der Waals surface area contributed by atoms with E-state index in [4.69, 9.17) is 0 Å². The summed E-state index contributed by atoms with van der Waals surface area (Å²) in [7, 11) is 1.51. The molecule has 1 heterocycles. The molecule has 4 heteroatoms. The van der Waals surface area contributed by atoms with Crippen LogP contribution in [-0.4, -0.2) is 23.8 Å². The van der Waals surface area contributed by atoms with Crippen molar-refractivity contribution >= 4 is 33.8 Å². The molecule has 0 aliphatic carbocycles. The van der Waals surface area contributed by atoms with Crippen molar-refractivity contribution in [2.75, 3.05) is 12.4 Å². The van der Waals surface area contributed by atoms with Crippen LogP contribution in [0.5, 0.6) is 0 Å². The second-order valence-electron chi connectivity index (χ2n) is 5.94. The monoisotopic (exact) mass is 328 g/mol. The maximum Gasteiger partial charge on any atom is 0.277 e. The van der Waals surface area contributed by atoms with Crippen molar-refractivity contribution in [3.8, 4) is 0 Å². The van der Waals surface area contributed by atoms with Gasteiger partial charge in [-0.25, -0.2) is 0 Å². The number of fused-ring (bicyclic) bond motifs is 1. The zero-order chi connectivity index (χ0) is 17.4. The summed E-state index contributed by atoms with van der Waals surface area (Å²) in [4.78, 5) is 26.4. The largest absolute Gasteiger partial charge is 0.350 e. The van der Waals surface area contributed by atoms with Crippen molar-refractivity contribution < 1.29 is 9.59 Å². The highest BCUT2D eigenvalue weighted by Gasteiger charge is 2.36. The summed E-state index contributed by atoms with van der Waals surface area (Å²) in [6, 6.07) is 23.1. The topological polar surface area (TPSA) is 49.4 Å². The highest BCUT2D eigenvalue weighted by atomic mass is 16.2. The number of rotatable bonds is 3. The van der Waals surface area contributed by atoms with Crippen LogP contribution < -0.4 is 5.32 Å². The average Bonchev–Trinajstić information content (AvgIpc) is 2.87. The fourth-order valence-corrected chi connectivity index (χ4v) is 3.10. The smallest absolute Gasteiger partial charge is 0.277 e. The van der Waals surface area contributed by atoms with Crippen LogP contribution in [0.2, 0.25) is 0 Å². The maximum absolute atomic E-state index is 12.6. The Morgan fingerprint density at radius 3 is 2.24 bits per heavy atom. The van der Waals surface area contributed by atoms with E-state index in [-0.39, 0.29) is 11.8 Å². The Bertz CT molecular complexity index is 1020. The van der Waals surface area contributed by atoms with Gasteiger partial charge in [-0.15, -0.1) is 0 Å². The molecule has 1 N–H and O–H groups in total. The molecule has 0 saturated carbocycles. The Balaban J connectivity index is 1.87. The van der Waals surface area contributed by atoms with E-state index in [1.165, 1.54) is 7.05 Å². The van der Waals surface area contributed by atoms with Crippen LogP contribution >= 0.6 is 0 Å². The molecule has 1 aliphatic heterocycles. The number of imide groups is 1. The quantitative estimate of drug-likeness (QED) is 0.747. The average molecular weight is 328 g/mol. The molecule has 0 atom stereocenters. The first kappa shape index (κ1) is 15.1. The Kier molecular flexibility index (Phi) is 3.58. The first-order valence-corrected chi connectivity index (χ1v) is 8.03. The predicted molar refractivity (Wildman–Crippen MR) is 98.7 cm³/mol. The zero-order valence-electron chi connectivity index (χ0n) is 13.7. The first-order chi connectivity index (χ1) is 12.2. The SMILES string of the molecule is CN1C(=O)C(Nc2cccc3ccccc23)=C(c2ccccc2)C1=O. The molecule has 0 radical (unpaired) electrons. The van der Waals surface area contributed by atoms with E-state index in [9.17, 15) is 9.59 Å². The van der Waals surface area contributed by atoms with Crippen LogP contribution in [0.4, 0.5) is 5.69 Å². The first-order valence-electron chi connectivity index (χ1n) is 8.03. The molecular weight excluding hydrogens is 312 g/mol. The van der Waals surface area contributed by atoms with Gasteiger partial charge in [0.15, 0.2) is 0 Å². The summed E-state index contributed by atoms with van der Waals surface area (Å²) in [5.41, 5.74) is 2.25. The number of nitrogens with zero attached hydrogens (tertiary/aromatic N) is 1. The number of nitrogens with one attached hydrogen (secondary N) is 1. The predicted octanol–water partition coefficient (Wildman–Crippen LogP) is 3.66. The number of carbonyl (C=O) groups is 2. The minimum atomic E-state index is -0.322. The van der Waals surface area contributed by atoms with E-state index in [0.717, 1.165) is 26.9 Å². The normalized spacial score (nSPS) is 14.5. The molecule has 4 rings (SSSR count). The van der Waals surface area contributed by atoms with Crippen LogP contribution in [0.1, 0.15) is 5.56 Å². The van der Waals surface area contributed by atoms with Gasteiger partial charge in [0.05, 0.1) is 5.57 Å². The lowest BCUT2D eigenvalue weighted by Crippen LogP contribution is -2.27. The molecule has 3 aromatic rings. The number of carbonyl (C=O) groups excluding carboxylic acids is 2. The fraction of sp³-hybridized carbons (Fsp3) is 0.0476. The molecule has 25 heavy (non-hydrogen) atoms. The molecule has 0 saturated heterocycles. The number of likely N-dealkylation sites (N-methyl/N-ethyl adjacent to an activating group) is 1. The maximum atomic E-state index is 12.6. The lowest BCUT2D eigenvalue weighted by molar-refractivity contribution is -0.135. The summed E-state index contributed by atoms with van der Waals surface area (Å²) >= 11 is 0. The molecule has 1 aliphatic rings. The summed E-state index contributed by atoms with van der Waals surface area (Å²) in [6.07, 6.45) is 0. The minimum absolute atomic E-state index is 0.293. The highest BCUT2D eigenvalue weighted by Crippen LogP contribution is 2.31. The number of hydrogen-bond acceptors (Lipinski definition) is 3. The van der Waals surface area contributed by atoms with Gasteiger partial charge < -0.3 is 5.32 Å². The summed E-state index contributed by atoms with van der Waals surface area (Å²) in [5, 5.41) is 5.28. The van der Waals surface area contributed by atoms with E-state index < -0.39 is 0 Å². The van der Waals surface area contributed by atoms with Crippen LogP contribution in [-0.2, 0) is 9.59 Å². The van der Waals surface area contributed by atoms with Crippen molar-refractivity contribution in [3.63, 3.8) is 0 Å². The summed E-state index contributed by atoms with van der Waals surface area (Å²) < 4.78 is 0. The Hall–Kier alpha value is -3.40. The molecule has 0 bridgehead atoms. The third-order valence-corrected chi connectivity index (χ3v) is 4.40. The van der Waals surface area contributed by atoms with Crippen molar-refractivity contribution in [1.82, 2.24) is 4.90 Å². The van der Waals surface area contributed by atoms with Crippen LogP contribution in [0.25, 0.3) is 16.3 Å². The van der Waals surface area contributed by atoms with Gasteiger partial charge in [-0.3, -0.25) is 14.5 Å². The Morgan fingerprint density at radius 1 is 0.760 bits per heavy atom. The van der Waals surface area contributed by atoms with Crippen LogP contribution in [0.3, 0.4) is 0 Å². The lowest BCUT2D eigenvalue weighted by Gasteiger charge is -2.11. The van der Waals surface area contributed by atoms with Gasteiger partial charge in [0, 0.05) is 18.1 Å². The second-order valence-corrected chi connectivity index (χ2v) is 5.94. The number of benzene rings is 3. The van der Waals surface area contributed by atoms with Gasteiger partial charge in [-0.1, -0.05) is 66.7 Å². The van der Waals surface area contributed by atoms with Crippen LogP contribution in [0, 0.1) is 0 Å². The van der Waals surface area contributed by atoms with Crippen molar-refractivity contribution in [1.29, 1.82) is 0 Å². The van der Waals surface area contributed by atoms with Crippen LogP contribution in [0.15, 0.2) is 78.5 Å². The van der Waals surface area contributed by atoms with Gasteiger partial charge in [0.1, 0.15) is 5.70 Å². The van der Waals surface area contributed by atoms with Crippen molar-refractivity contribution in [2.24, 2.45) is 0 Å². The molecular formula is C21H16N2O2. The standard InChI is InChI=1S/C21H16N2O2/c1-23-20(24)18(15-9-3-2-4-10-15)19(21(23)25)22-17-13-7-11-14-8-5-6-12-16(14)17/h2-13,22H,1H3. The van der Waals surface area contributed by atoms with E-state index in [1.54, 1.807) is 0 Å². The second kappa shape index (κ2) is 5.91. The number of hydrogen-bond donors (Lipinski definition) is 1.